The molecule has 0 aromatic carbocycles. The third-order valence-electron chi connectivity index (χ3n) is 1.99. The van der Waals surface area contributed by atoms with Crippen LogP contribution in [-0.4, -0.2) is 4.98 Å². The first-order valence-electron chi connectivity index (χ1n) is 4.19. The summed E-state index contributed by atoms with van der Waals surface area (Å²) in [5, 5.41) is 0. The predicted octanol–water partition coefficient (Wildman–Crippen LogP) is 1.92. The van der Waals surface area contributed by atoms with Gasteiger partial charge in [-0.05, 0) is 40.1 Å². The summed E-state index contributed by atoms with van der Waals surface area (Å²) < 4.78 is 0.964. The van der Waals surface area contributed by atoms with Gasteiger partial charge in [0.05, 0.1) is 3.57 Å². The van der Waals surface area contributed by atoms with Crippen LogP contribution in [0.25, 0.3) is 0 Å². The molecule has 1 rings (SSSR count). The number of nitrogens with zero attached hydrogens (tertiary/aromatic N) is 1. The van der Waals surface area contributed by atoms with Crippen LogP contribution in [0.15, 0.2) is 12.3 Å². The number of pyridine rings is 1. The van der Waals surface area contributed by atoms with Gasteiger partial charge in [-0.15, -0.1) is 0 Å². The fraction of sp³-hybridized carbons (Fsp3) is 0.444. The van der Waals surface area contributed by atoms with E-state index in [9.17, 15) is 0 Å². The third kappa shape index (κ3) is 2.54. The molecule has 1 heterocycles. The molecule has 0 aliphatic rings. The monoisotopic (exact) mass is 291 g/mol. The summed E-state index contributed by atoms with van der Waals surface area (Å²) in [7, 11) is 0. The number of nitrogens with two attached hydrogens (primary N) is 2. The van der Waals surface area contributed by atoms with E-state index in [1.165, 1.54) is 0 Å². The van der Waals surface area contributed by atoms with Crippen LogP contribution in [0.3, 0.4) is 0 Å². The van der Waals surface area contributed by atoms with Crippen LogP contribution in [0.4, 0.5) is 5.82 Å². The predicted molar refractivity (Wildman–Crippen MR) is 63.1 cm³/mol. The van der Waals surface area contributed by atoms with E-state index in [4.69, 9.17) is 11.5 Å². The standard InChI is InChI=1S/C9H14IN3/c1-5(2)8(11)6-3-7(10)9(12)13-4-6/h3-5,8H,11H2,1-2H3,(H2,12,13)/t8-/m0/s1. The second-order valence-electron chi connectivity index (χ2n) is 3.41. The summed E-state index contributed by atoms with van der Waals surface area (Å²) in [5.41, 5.74) is 12.6. The zero-order chi connectivity index (χ0) is 10.0. The minimum atomic E-state index is 0.0432. The second kappa shape index (κ2) is 4.23. The Balaban J connectivity index is 2.97. The lowest BCUT2D eigenvalue weighted by atomic mass is 9.99. The summed E-state index contributed by atoms with van der Waals surface area (Å²) in [4.78, 5) is 4.07. The number of halogens is 1. The molecule has 0 unspecified atom stereocenters. The molecular weight excluding hydrogens is 277 g/mol. The van der Waals surface area contributed by atoms with Gasteiger partial charge in [-0.1, -0.05) is 13.8 Å². The number of aromatic nitrogens is 1. The van der Waals surface area contributed by atoms with Gasteiger partial charge in [0.15, 0.2) is 0 Å². The Morgan fingerprint density at radius 2 is 2.08 bits per heavy atom. The number of hydrogen-bond acceptors (Lipinski definition) is 3. The lowest BCUT2D eigenvalue weighted by Gasteiger charge is -2.15. The molecule has 1 aromatic heterocycles. The van der Waals surface area contributed by atoms with E-state index in [1.807, 2.05) is 6.07 Å². The van der Waals surface area contributed by atoms with Crippen LogP contribution in [0, 0.1) is 9.49 Å². The van der Waals surface area contributed by atoms with E-state index < -0.39 is 0 Å². The second-order valence-corrected chi connectivity index (χ2v) is 4.57. The number of anilines is 1. The lowest BCUT2D eigenvalue weighted by molar-refractivity contribution is 0.513. The molecule has 0 bridgehead atoms. The number of nitrogen functional groups attached to an aromatic ring is 1. The van der Waals surface area contributed by atoms with Gasteiger partial charge >= 0.3 is 0 Å². The van der Waals surface area contributed by atoms with Gasteiger partial charge in [0.1, 0.15) is 5.82 Å². The molecule has 1 atom stereocenters. The third-order valence-corrected chi connectivity index (χ3v) is 2.86. The highest BCUT2D eigenvalue weighted by atomic mass is 127. The molecule has 1 aromatic rings. The Morgan fingerprint density at radius 1 is 1.46 bits per heavy atom. The first-order chi connectivity index (χ1) is 6.02. The molecule has 0 radical (unpaired) electrons. The molecule has 0 aliphatic carbocycles. The summed E-state index contributed by atoms with van der Waals surface area (Å²) in [6.45, 7) is 4.18. The van der Waals surface area contributed by atoms with Crippen molar-refractivity contribution in [3.8, 4) is 0 Å². The Labute approximate surface area is 92.1 Å². The highest BCUT2D eigenvalue weighted by Crippen LogP contribution is 2.21. The molecule has 0 amide bonds. The van der Waals surface area contributed by atoms with Crippen molar-refractivity contribution >= 4 is 28.4 Å². The largest absolute Gasteiger partial charge is 0.383 e. The minimum Gasteiger partial charge on any atom is -0.383 e. The molecule has 72 valence electrons. The molecular formula is C9H14IN3. The highest BCUT2D eigenvalue weighted by Gasteiger charge is 2.11. The summed E-state index contributed by atoms with van der Waals surface area (Å²) in [6.07, 6.45) is 1.75. The van der Waals surface area contributed by atoms with Gasteiger partial charge in [0, 0.05) is 12.2 Å². The van der Waals surface area contributed by atoms with E-state index in [-0.39, 0.29) is 6.04 Å². The van der Waals surface area contributed by atoms with Gasteiger partial charge in [0.25, 0.3) is 0 Å². The van der Waals surface area contributed by atoms with Crippen LogP contribution >= 0.6 is 22.6 Å². The van der Waals surface area contributed by atoms with Crippen LogP contribution in [0.5, 0.6) is 0 Å². The molecule has 3 nitrogen and oxygen atoms in total. The minimum absolute atomic E-state index is 0.0432. The average molecular weight is 291 g/mol. The van der Waals surface area contributed by atoms with Crippen LogP contribution in [0.1, 0.15) is 25.5 Å². The first-order valence-corrected chi connectivity index (χ1v) is 5.26. The van der Waals surface area contributed by atoms with Crippen molar-refractivity contribution in [3.63, 3.8) is 0 Å². The zero-order valence-corrected chi connectivity index (χ0v) is 9.95. The molecule has 0 spiro atoms. The van der Waals surface area contributed by atoms with Crippen molar-refractivity contribution in [2.75, 3.05) is 5.73 Å². The van der Waals surface area contributed by atoms with Crippen molar-refractivity contribution in [1.29, 1.82) is 0 Å². The van der Waals surface area contributed by atoms with Crippen molar-refractivity contribution in [2.45, 2.75) is 19.9 Å². The van der Waals surface area contributed by atoms with Gasteiger partial charge in [-0.25, -0.2) is 4.98 Å². The molecule has 4 heteroatoms. The van der Waals surface area contributed by atoms with Crippen molar-refractivity contribution in [1.82, 2.24) is 4.98 Å². The molecule has 4 N–H and O–H groups in total. The summed E-state index contributed by atoms with van der Waals surface area (Å²) >= 11 is 2.16. The fourth-order valence-corrected chi connectivity index (χ4v) is 1.53. The first kappa shape index (κ1) is 10.7. The summed E-state index contributed by atoms with van der Waals surface area (Å²) in [5.74, 6) is 0.988. The van der Waals surface area contributed by atoms with E-state index in [0.717, 1.165) is 9.13 Å². The Bertz CT molecular complexity index is 299. The maximum Gasteiger partial charge on any atom is 0.136 e. The van der Waals surface area contributed by atoms with Crippen LogP contribution < -0.4 is 11.5 Å². The Hall–Kier alpha value is -0.360. The average Bonchev–Trinajstić information content (AvgIpc) is 2.08. The lowest BCUT2D eigenvalue weighted by Crippen LogP contribution is -2.17. The SMILES string of the molecule is CC(C)[C@H](N)c1cnc(N)c(I)c1. The molecule has 0 saturated carbocycles. The van der Waals surface area contributed by atoms with Gasteiger partial charge < -0.3 is 11.5 Å². The fourth-order valence-electron chi connectivity index (χ4n) is 1.03. The summed E-state index contributed by atoms with van der Waals surface area (Å²) in [6, 6.07) is 2.04. The van der Waals surface area contributed by atoms with E-state index >= 15 is 0 Å². The zero-order valence-electron chi connectivity index (χ0n) is 7.79. The van der Waals surface area contributed by atoms with Gasteiger partial charge in [-0.2, -0.15) is 0 Å². The Morgan fingerprint density at radius 3 is 2.54 bits per heavy atom. The molecule has 0 saturated heterocycles. The molecule has 13 heavy (non-hydrogen) atoms. The highest BCUT2D eigenvalue weighted by molar-refractivity contribution is 14.1. The quantitative estimate of drug-likeness (QED) is 0.818. The molecule has 0 aliphatic heterocycles. The van der Waals surface area contributed by atoms with Crippen LogP contribution in [-0.2, 0) is 0 Å². The van der Waals surface area contributed by atoms with Crippen molar-refractivity contribution in [2.24, 2.45) is 11.7 Å². The maximum absolute atomic E-state index is 5.97. The van der Waals surface area contributed by atoms with E-state index in [2.05, 4.69) is 41.4 Å². The number of rotatable bonds is 2. The van der Waals surface area contributed by atoms with Crippen molar-refractivity contribution in [3.05, 3.63) is 21.4 Å². The molecule has 0 fully saturated rings. The topological polar surface area (TPSA) is 64.9 Å². The van der Waals surface area contributed by atoms with E-state index in [1.54, 1.807) is 6.20 Å². The smallest absolute Gasteiger partial charge is 0.136 e. The van der Waals surface area contributed by atoms with Gasteiger partial charge in [-0.3, -0.25) is 0 Å². The number of hydrogen-bond donors (Lipinski definition) is 2. The van der Waals surface area contributed by atoms with Crippen molar-refractivity contribution < 1.29 is 0 Å². The Kier molecular flexibility index (Phi) is 3.49. The van der Waals surface area contributed by atoms with Gasteiger partial charge in [0.2, 0.25) is 0 Å². The van der Waals surface area contributed by atoms with E-state index in [0.29, 0.717) is 11.7 Å². The van der Waals surface area contributed by atoms with Crippen LogP contribution in [0.2, 0.25) is 0 Å². The normalized spacial score (nSPS) is 13.3. The maximum atomic E-state index is 5.97.